The summed E-state index contributed by atoms with van der Waals surface area (Å²) < 4.78 is 31.5. The van der Waals surface area contributed by atoms with Crippen LogP contribution in [-0.2, 0) is 12.8 Å². The van der Waals surface area contributed by atoms with Crippen LogP contribution in [-0.4, -0.2) is 13.2 Å². The van der Waals surface area contributed by atoms with Gasteiger partial charge < -0.3 is 10.5 Å². The number of hydrogen-bond donors (Lipinski definition) is 1. The van der Waals surface area contributed by atoms with Crippen molar-refractivity contribution in [3.63, 3.8) is 0 Å². The molecule has 0 saturated carbocycles. The highest BCUT2D eigenvalue weighted by molar-refractivity contribution is 5.27. The molecule has 1 unspecified atom stereocenters. The predicted octanol–water partition coefficient (Wildman–Crippen LogP) is 3.48. The van der Waals surface area contributed by atoms with Crippen LogP contribution in [0.4, 0.5) is 8.78 Å². The molecule has 2 aromatic rings. The van der Waals surface area contributed by atoms with Gasteiger partial charge in [0, 0.05) is 12.1 Å². The zero-order chi connectivity index (χ0) is 15.2. The predicted molar refractivity (Wildman–Crippen MR) is 79.4 cm³/mol. The summed E-state index contributed by atoms with van der Waals surface area (Å²) in [6.07, 6.45) is 1.96. The minimum atomic E-state index is -0.567. The molecule has 0 aliphatic rings. The summed E-state index contributed by atoms with van der Waals surface area (Å²) in [6, 6.07) is 11.2. The normalized spacial score (nSPS) is 12.2. The molecule has 2 N–H and O–H groups in total. The van der Waals surface area contributed by atoms with Crippen LogP contribution >= 0.6 is 0 Å². The van der Waals surface area contributed by atoms with Crippen LogP contribution in [0.5, 0.6) is 5.75 Å². The molecule has 0 spiro atoms. The summed E-state index contributed by atoms with van der Waals surface area (Å²) in [5.74, 6) is -0.283. The third-order valence-electron chi connectivity index (χ3n) is 3.46. The molecule has 0 aromatic heterocycles. The maximum absolute atomic E-state index is 13.5. The SMILES string of the molecule is COc1ccc(CCC(N)Cc2ccc(F)cc2F)cc1. The van der Waals surface area contributed by atoms with E-state index in [1.807, 2.05) is 24.3 Å². The second-order valence-electron chi connectivity index (χ2n) is 5.09. The maximum Gasteiger partial charge on any atom is 0.129 e. The Bertz CT molecular complexity index is 584. The Morgan fingerprint density at radius 3 is 2.43 bits per heavy atom. The molecule has 21 heavy (non-hydrogen) atoms. The Morgan fingerprint density at radius 1 is 1.10 bits per heavy atom. The summed E-state index contributed by atoms with van der Waals surface area (Å²) in [4.78, 5) is 0. The first-order valence-electron chi connectivity index (χ1n) is 6.91. The molecule has 0 saturated heterocycles. The summed E-state index contributed by atoms with van der Waals surface area (Å²) in [5, 5.41) is 0. The van der Waals surface area contributed by atoms with Gasteiger partial charge in [0.25, 0.3) is 0 Å². The summed E-state index contributed by atoms with van der Waals surface area (Å²) >= 11 is 0. The monoisotopic (exact) mass is 291 g/mol. The number of methoxy groups -OCH3 is 1. The van der Waals surface area contributed by atoms with Gasteiger partial charge >= 0.3 is 0 Å². The first-order chi connectivity index (χ1) is 10.1. The fourth-order valence-electron chi connectivity index (χ4n) is 2.22. The molecular formula is C17H19F2NO. The molecule has 0 aliphatic heterocycles. The van der Waals surface area contributed by atoms with Crippen LogP contribution in [0.3, 0.4) is 0 Å². The first kappa shape index (κ1) is 15.4. The Morgan fingerprint density at radius 2 is 1.81 bits per heavy atom. The first-order valence-corrected chi connectivity index (χ1v) is 6.91. The topological polar surface area (TPSA) is 35.2 Å². The van der Waals surface area contributed by atoms with Crippen molar-refractivity contribution in [2.24, 2.45) is 5.73 Å². The molecule has 2 aromatic carbocycles. The lowest BCUT2D eigenvalue weighted by molar-refractivity contribution is 0.414. The number of nitrogens with two attached hydrogens (primary N) is 1. The minimum absolute atomic E-state index is 0.160. The quantitative estimate of drug-likeness (QED) is 0.884. The van der Waals surface area contributed by atoms with Gasteiger partial charge in [0.2, 0.25) is 0 Å². The van der Waals surface area contributed by atoms with E-state index in [9.17, 15) is 8.78 Å². The average Bonchev–Trinajstić information content (AvgIpc) is 2.48. The molecular weight excluding hydrogens is 272 g/mol. The van der Waals surface area contributed by atoms with E-state index < -0.39 is 11.6 Å². The van der Waals surface area contributed by atoms with E-state index in [1.165, 1.54) is 12.1 Å². The Balaban J connectivity index is 1.87. The second kappa shape index (κ2) is 7.18. The van der Waals surface area contributed by atoms with Crippen LogP contribution in [0, 0.1) is 11.6 Å². The zero-order valence-electron chi connectivity index (χ0n) is 12.0. The number of rotatable bonds is 6. The number of benzene rings is 2. The minimum Gasteiger partial charge on any atom is -0.497 e. The van der Waals surface area contributed by atoms with Crippen LogP contribution in [0.2, 0.25) is 0 Å². The molecule has 2 nitrogen and oxygen atoms in total. The zero-order valence-corrected chi connectivity index (χ0v) is 12.0. The van der Waals surface area contributed by atoms with Gasteiger partial charge in [0.05, 0.1) is 7.11 Å². The molecule has 4 heteroatoms. The summed E-state index contributed by atoms with van der Waals surface area (Å²) in [6.45, 7) is 0. The van der Waals surface area contributed by atoms with Gasteiger partial charge in [-0.1, -0.05) is 18.2 Å². The smallest absolute Gasteiger partial charge is 0.129 e. The van der Waals surface area contributed by atoms with Crippen molar-refractivity contribution in [2.75, 3.05) is 7.11 Å². The van der Waals surface area contributed by atoms with Gasteiger partial charge in [-0.25, -0.2) is 8.78 Å². The standard InChI is InChI=1S/C17H19F2NO/c1-21-16-8-3-12(4-9-16)2-7-15(20)10-13-5-6-14(18)11-17(13)19/h3-6,8-9,11,15H,2,7,10,20H2,1H3. The molecule has 0 radical (unpaired) electrons. The van der Waals surface area contributed by atoms with Gasteiger partial charge in [-0.15, -0.1) is 0 Å². The highest BCUT2D eigenvalue weighted by Crippen LogP contribution is 2.15. The van der Waals surface area contributed by atoms with Crippen molar-refractivity contribution in [3.8, 4) is 5.75 Å². The molecule has 0 heterocycles. The molecule has 0 bridgehead atoms. The van der Waals surface area contributed by atoms with E-state index >= 15 is 0 Å². The summed E-state index contributed by atoms with van der Waals surface area (Å²) in [7, 11) is 1.63. The van der Waals surface area contributed by atoms with Crippen LogP contribution in [0.1, 0.15) is 17.5 Å². The van der Waals surface area contributed by atoms with E-state index in [0.29, 0.717) is 12.0 Å². The molecule has 0 fully saturated rings. The second-order valence-corrected chi connectivity index (χ2v) is 5.09. The average molecular weight is 291 g/mol. The molecule has 2 rings (SSSR count). The van der Waals surface area contributed by atoms with Crippen molar-refractivity contribution >= 4 is 0 Å². The van der Waals surface area contributed by atoms with E-state index in [2.05, 4.69) is 0 Å². The lowest BCUT2D eigenvalue weighted by Gasteiger charge is -2.12. The van der Waals surface area contributed by atoms with Crippen molar-refractivity contribution in [1.29, 1.82) is 0 Å². The van der Waals surface area contributed by atoms with Gasteiger partial charge in [-0.3, -0.25) is 0 Å². The third kappa shape index (κ3) is 4.53. The molecule has 112 valence electrons. The van der Waals surface area contributed by atoms with Crippen molar-refractivity contribution in [1.82, 2.24) is 0 Å². The lowest BCUT2D eigenvalue weighted by atomic mass is 9.99. The van der Waals surface area contributed by atoms with Crippen LogP contribution in [0.25, 0.3) is 0 Å². The van der Waals surface area contributed by atoms with Gasteiger partial charge in [-0.05, 0) is 48.6 Å². The van der Waals surface area contributed by atoms with Gasteiger partial charge in [0.1, 0.15) is 17.4 Å². The highest BCUT2D eigenvalue weighted by Gasteiger charge is 2.09. The van der Waals surface area contributed by atoms with Crippen LogP contribution < -0.4 is 10.5 Å². The molecule has 0 aliphatic carbocycles. The fourth-order valence-corrected chi connectivity index (χ4v) is 2.22. The Labute approximate surface area is 123 Å². The Kier molecular flexibility index (Phi) is 5.28. The highest BCUT2D eigenvalue weighted by atomic mass is 19.1. The summed E-state index contributed by atoms with van der Waals surface area (Å²) in [5.41, 5.74) is 7.65. The van der Waals surface area contributed by atoms with Crippen molar-refractivity contribution < 1.29 is 13.5 Å². The van der Waals surface area contributed by atoms with E-state index in [-0.39, 0.29) is 6.04 Å². The molecule has 1 atom stereocenters. The molecule has 0 amide bonds. The number of halogens is 2. The number of ether oxygens (including phenoxy) is 1. The third-order valence-corrected chi connectivity index (χ3v) is 3.46. The van der Waals surface area contributed by atoms with E-state index in [1.54, 1.807) is 7.11 Å². The lowest BCUT2D eigenvalue weighted by Crippen LogP contribution is -2.24. The number of aryl methyl sites for hydroxylation is 1. The largest absolute Gasteiger partial charge is 0.497 e. The van der Waals surface area contributed by atoms with Gasteiger partial charge in [-0.2, -0.15) is 0 Å². The number of hydrogen-bond acceptors (Lipinski definition) is 2. The maximum atomic E-state index is 13.5. The fraction of sp³-hybridized carbons (Fsp3) is 0.294. The van der Waals surface area contributed by atoms with Crippen LogP contribution in [0.15, 0.2) is 42.5 Å². The van der Waals surface area contributed by atoms with E-state index in [4.69, 9.17) is 10.5 Å². The van der Waals surface area contributed by atoms with Crippen molar-refractivity contribution in [3.05, 3.63) is 65.2 Å². The van der Waals surface area contributed by atoms with Gasteiger partial charge in [0.15, 0.2) is 0 Å². The Hall–Kier alpha value is -1.94. The van der Waals surface area contributed by atoms with Crippen molar-refractivity contribution in [2.45, 2.75) is 25.3 Å². The van der Waals surface area contributed by atoms with E-state index in [0.717, 1.165) is 30.2 Å².